The van der Waals surface area contributed by atoms with Crippen molar-refractivity contribution in [2.75, 3.05) is 7.11 Å². The molecule has 1 aromatic carbocycles. The van der Waals surface area contributed by atoms with E-state index in [0.717, 1.165) is 15.8 Å². The zero-order valence-electron chi connectivity index (χ0n) is 10.7. The van der Waals surface area contributed by atoms with Crippen molar-refractivity contribution in [1.82, 2.24) is 4.98 Å². The molecule has 0 bridgehead atoms. The van der Waals surface area contributed by atoms with Crippen molar-refractivity contribution in [3.63, 3.8) is 0 Å². The maximum absolute atomic E-state index is 10.9. The van der Waals surface area contributed by atoms with Crippen LogP contribution in [-0.4, -0.2) is 23.2 Å². The van der Waals surface area contributed by atoms with Gasteiger partial charge in [0.15, 0.2) is 0 Å². The lowest BCUT2D eigenvalue weighted by Gasteiger charge is -2.06. The molecule has 0 amide bonds. The molecule has 0 aliphatic heterocycles. The highest BCUT2D eigenvalue weighted by molar-refractivity contribution is 9.10. The predicted octanol–water partition coefficient (Wildman–Crippen LogP) is 3.84. The van der Waals surface area contributed by atoms with E-state index in [1.54, 1.807) is 13.2 Å². The number of hydrogen-bond acceptors (Lipinski definition) is 4. The first-order chi connectivity index (χ1) is 9.60. The van der Waals surface area contributed by atoms with Gasteiger partial charge in [0.05, 0.1) is 22.2 Å². The first-order valence-electron chi connectivity index (χ1n) is 5.74. The molecule has 0 saturated carbocycles. The molecule has 2 aromatic rings. The van der Waals surface area contributed by atoms with Crippen molar-refractivity contribution < 1.29 is 14.6 Å². The first kappa shape index (κ1) is 14.9. The van der Waals surface area contributed by atoms with Crippen LogP contribution in [0, 0.1) is 0 Å². The zero-order chi connectivity index (χ0) is 14.5. The Kier molecular flexibility index (Phi) is 5.03. The minimum atomic E-state index is -0.943. The van der Waals surface area contributed by atoms with Crippen LogP contribution in [0.15, 0.2) is 46.0 Å². The van der Waals surface area contributed by atoms with Crippen LogP contribution in [0.1, 0.15) is 15.9 Å². The number of aromatic carboxylic acids is 1. The summed E-state index contributed by atoms with van der Waals surface area (Å²) in [5.41, 5.74) is 1.35. The highest BCUT2D eigenvalue weighted by Crippen LogP contribution is 2.28. The van der Waals surface area contributed by atoms with Crippen LogP contribution in [0.4, 0.5) is 0 Å². The second kappa shape index (κ2) is 6.76. The summed E-state index contributed by atoms with van der Waals surface area (Å²) in [5, 5.41) is 9.62. The minimum Gasteiger partial charge on any atom is -0.496 e. The molecule has 0 saturated heterocycles. The third-order valence-electron chi connectivity index (χ3n) is 2.58. The lowest BCUT2D eigenvalue weighted by Crippen LogP contribution is -1.96. The highest BCUT2D eigenvalue weighted by Gasteiger charge is 2.06. The molecule has 0 radical (unpaired) electrons. The number of methoxy groups -OCH3 is 1. The molecular formula is C14H12BrNO3S. The van der Waals surface area contributed by atoms with Crippen LogP contribution in [0.25, 0.3) is 0 Å². The number of aromatic nitrogens is 1. The van der Waals surface area contributed by atoms with Crippen molar-refractivity contribution >= 4 is 33.7 Å². The fourth-order valence-electron chi connectivity index (χ4n) is 1.58. The average molecular weight is 354 g/mol. The zero-order valence-corrected chi connectivity index (χ0v) is 13.1. The summed E-state index contributed by atoms with van der Waals surface area (Å²) < 4.78 is 6.07. The van der Waals surface area contributed by atoms with Gasteiger partial charge in [0, 0.05) is 11.9 Å². The van der Waals surface area contributed by atoms with Gasteiger partial charge in [0.25, 0.3) is 0 Å². The molecule has 1 heterocycles. The van der Waals surface area contributed by atoms with Crippen molar-refractivity contribution in [2.45, 2.75) is 10.8 Å². The number of carboxylic acid groups (broad SMARTS) is 1. The van der Waals surface area contributed by atoms with E-state index in [9.17, 15) is 4.79 Å². The third-order valence-corrected chi connectivity index (χ3v) is 4.20. The molecule has 20 heavy (non-hydrogen) atoms. The molecular weight excluding hydrogens is 342 g/mol. The fourth-order valence-corrected chi connectivity index (χ4v) is 3.01. The summed E-state index contributed by atoms with van der Waals surface area (Å²) in [4.78, 5) is 15.0. The number of rotatable bonds is 5. The van der Waals surface area contributed by atoms with Crippen LogP contribution in [0.3, 0.4) is 0 Å². The molecule has 0 atom stereocenters. The molecule has 0 aliphatic carbocycles. The van der Waals surface area contributed by atoms with Gasteiger partial charge in [-0.3, -0.25) is 0 Å². The van der Waals surface area contributed by atoms with Gasteiger partial charge in [-0.25, -0.2) is 9.78 Å². The van der Waals surface area contributed by atoms with Gasteiger partial charge in [0.1, 0.15) is 5.75 Å². The predicted molar refractivity (Wildman–Crippen MR) is 81.5 cm³/mol. The molecule has 4 nitrogen and oxygen atoms in total. The van der Waals surface area contributed by atoms with Crippen molar-refractivity contribution in [3.8, 4) is 5.75 Å². The highest BCUT2D eigenvalue weighted by atomic mass is 79.9. The van der Waals surface area contributed by atoms with Crippen LogP contribution in [0.5, 0.6) is 5.75 Å². The average Bonchev–Trinajstić information content (AvgIpc) is 2.45. The summed E-state index contributed by atoms with van der Waals surface area (Å²) in [7, 11) is 1.62. The van der Waals surface area contributed by atoms with E-state index in [-0.39, 0.29) is 5.56 Å². The van der Waals surface area contributed by atoms with Gasteiger partial charge in [0.2, 0.25) is 0 Å². The maximum Gasteiger partial charge on any atom is 0.335 e. The normalized spacial score (nSPS) is 10.3. The number of pyridine rings is 1. The van der Waals surface area contributed by atoms with E-state index in [2.05, 4.69) is 20.9 Å². The van der Waals surface area contributed by atoms with E-state index in [1.165, 1.54) is 24.0 Å². The minimum absolute atomic E-state index is 0.249. The molecule has 104 valence electrons. The lowest BCUT2D eigenvalue weighted by molar-refractivity contribution is 0.0696. The molecule has 1 N–H and O–H groups in total. The van der Waals surface area contributed by atoms with Crippen LogP contribution in [-0.2, 0) is 5.75 Å². The molecule has 0 spiro atoms. The number of nitrogens with zero attached hydrogens (tertiary/aromatic N) is 1. The van der Waals surface area contributed by atoms with Gasteiger partial charge >= 0.3 is 5.97 Å². The van der Waals surface area contributed by atoms with Gasteiger partial charge in [-0.05, 0) is 45.8 Å². The van der Waals surface area contributed by atoms with E-state index < -0.39 is 5.97 Å². The SMILES string of the molecule is COc1ccc(CSc2cc(C(=O)O)ccn2)cc1Br. The molecule has 1 aromatic heterocycles. The number of halogens is 1. The van der Waals surface area contributed by atoms with Crippen LogP contribution >= 0.6 is 27.7 Å². The maximum atomic E-state index is 10.9. The van der Waals surface area contributed by atoms with E-state index in [0.29, 0.717) is 10.8 Å². The number of carboxylic acids is 1. The molecule has 2 rings (SSSR count). The van der Waals surface area contributed by atoms with Crippen molar-refractivity contribution in [2.24, 2.45) is 0 Å². The number of ether oxygens (including phenoxy) is 1. The first-order valence-corrected chi connectivity index (χ1v) is 7.52. The fraction of sp³-hybridized carbons (Fsp3) is 0.143. The Hall–Kier alpha value is -1.53. The molecule has 0 unspecified atom stereocenters. The second-order valence-corrected chi connectivity index (χ2v) is 5.80. The molecule has 0 fully saturated rings. The summed E-state index contributed by atoms with van der Waals surface area (Å²) >= 11 is 4.93. The Balaban J connectivity index is 2.07. The Morgan fingerprint density at radius 3 is 2.85 bits per heavy atom. The largest absolute Gasteiger partial charge is 0.496 e. The Bertz CT molecular complexity index is 634. The van der Waals surface area contributed by atoms with Crippen LogP contribution in [0.2, 0.25) is 0 Å². The quantitative estimate of drug-likeness (QED) is 0.827. The summed E-state index contributed by atoms with van der Waals surface area (Å²) in [6.45, 7) is 0. The van der Waals surface area contributed by atoms with E-state index >= 15 is 0 Å². The molecule has 6 heteroatoms. The third kappa shape index (κ3) is 3.74. The number of thioether (sulfide) groups is 1. The van der Waals surface area contributed by atoms with Crippen molar-refractivity contribution in [3.05, 3.63) is 52.1 Å². The van der Waals surface area contributed by atoms with Gasteiger partial charge in [-0.1, -0.05) is 6.07 Å². The van der Waals surface area contributed by atoms with Crippen molar-refractivity contribution in [1.29, 1.82) is 0 Å². The summed E-state index contributed by atoms with van der Waals surface area (Å²) in [5.74, 6) is 0.546. The smallest absolute Gasteiger partial charge is 0.335 e. The topological polar surface area (TPSA) is 59.4 Å². The van der Waals surface area contributed by atoms with Gasteiger partial charge in [-0.2, -0.15) is 0 Å². The van der Waals surface area contributed by atoms with Gasteiger partial charge in [-0.15, -0.1) is 11.8 Å². The van der Waals surface area contributed by atoms with E-state index in [4.69, 9.17) is 9.84 Å². The molecule has 0 aliphatic rings. The Labute approximate surface area is 129 Å². The number of hydrogen-bond donors (Lipinski definition) is 1. The Morgan fingerprint density at radius 2 is 2.20 bits per heavy atom. The summed E-state index contributed by atoms with van der Waals surface area (Å²) in [6, 6.07) is 8.90. The Morgan fingerprint density at radius 1 is 1.40 bits per heavy atom. The number of carbonyl (C=O) groups is 1. The monoisotopic (exact) mass is 353 g/mol. The lowest BCUT2D eigenvalue weighted by atomic mass is 10.2. The number of benzene rings is 1. The van der Waals surface area contributed by atoms with Crippen LogP contribution < -0.4 is 4.74 Å². The summed E-state index contributed by atoms with van der Waals surface area (Å²) in [6.07, 6.45) is 1.51. The van der Waals surface area contributed by atoms with E-state index in [1.807, 2.05) is 18.2 Å². The standard InChI is InChI=1S/C14H12BrNO3S/c1-19-12-3-2-9(6-11(12)15)8-20-13-7-10(14(17)18)4-5-16-13/h2-7H,8H2,1H3,(H,17,18). The second-order valence-electron chi connectivity index (χ2n) is 3.95. The van der Waals surface area contributed by atoms with Gasteiger partial charge < -0.3 is 9.84 Å².